The van der Waals surface area contributed by atoms with E-state index in [1.54, 1.807) is 6.07 Å². The number of hydrogen-bond donors (Lipinski definition) is 1. The minimum atomic E-state index is -3.65. The van der Waals surface area contributed by atoms with Gasteiger partial charge in [0.05, 0.1) is 27.9 Å². The smallest absolute Gasteiger partial charge is 0.243 e. The molecule has 7 nitrogen and oxygen atoms in total. The summed E-state index contributed by atoms with van der Waals surface area (Å²) in [4.78, 5) is 15.4. The number of amides is 1. The standard InChI is InChI=1S/C23H25ClN4O3S/c24-19-5-8-22(27-11-1-2-12-27)21(15-19)26-23(29)18-9-13-28(14-10-18)32(30,31)20-6-3-17(16-25)4-7-20/h3-8,15,18H,1-2,9-14H2,(H,26,29). The van der Waals surface area contributed by atoms with Crippen LogP contribution in [0.25, 0.3) is 0 Å². The van der Waals surface area contributed by atoms with Crippen LogP contribution in [-0.4, -0.2) is 44.8 Å². The first-order valence-electron chi connectivity index (χ1n) is 10.7. The highest BCUT2D eigenvalue weighted by Crippen LogP contribution is 2.33. The van der Waals surface area contributed by atoms with Crippen LogP contribution in [0.2, 0.25) is 5.02 Å². The minimum absolute atomic E-state index is 0.108. The molecule has 1 N–H and O–H groups in total. The van der Waals surface area contributed by atoms with Crippen molar-refractivity contribution in [2.45, 2.75) is 30.6 Å². The number of nitrogens with zero attached hydrogens (tertiary/aromatic N) is 3. The van der Waals surface area contributed by atoms with Gasteiger partial charge in [-0.2, -0.15) is 9.57 Å². The Morgan fingerprint density at radius 2 is 1.69 bits per heavy atom. The van der Waals surface area contributed by atoms with Gasteiger partial charge in [0.2, 0.25) is 15.9 Å². The molecule has 2 aliphatic heterocycles. The van der Waals surface area contributed by atoms with Gasteiger partial charge in [-0.15, -0.1) is 0 Å². The molecule has 0 radical (unpaired) electrons. The zero-order valence-electron chi connectivity index (χ0n) is 17.6. The Hall–Kier alpha value is -2.60. The number of sulfonamides is 1. The predicted octanol–water partition coefficient (Wildman–Crippen LogP) is 3.85. The van der Waals surface area contributed by atoms with Gasteiger partial charge in [0.1, 0.15) is 0 Å². The average Bonchev–Trinajstić information content (AvgIpc) is 3.34. The molecule has 2 fully saturated rings. The summed E-state index contributed by atoms with van der Waals surface area (Å²) in [5, 5.41) is 12.5. The van der Waals surface area contributed by atoms with Gasteiger partial charge >= 0.3 is 0 Å². The van der Waals surface area contributed by atoms with Crippen LogP contribution in [0.4, 0.5) is 11.4 Å². The molecule has 0 saturated carbocycles. The first-order valence-corrected chi connectivity index (χ1v) is 12.6. The highest BCUT2D eigenvalue weighted by molar-refractivity contribution is 7.89. The van der Waals surface area contributed by atoms with E-state index in [-0.39, 0.29) is 29.8 Å². The van der Waals surface area contributed by atoms with Gasteiger partial charge in [-0.25, -0.2) is 8.42 Å². The molecular weight excluding hydrogens is 448 g/mol. The maximum atomic E-state index is 13.0. The number of carbonyl (C=O) groups is 1. The highest BCUT2D eigenvalue weighted by atomic mass is 35.5. The Balaban J connectivity index is 1.41. The molecule has 2 aromatic rings. The van der Waals surface area contributed by atoms with E-state index in [1.807, 2.05) is 18.2 Å². The second-order valence-corrected chi connectivity index (χ2v) is 10.5. The largest absolute Gasteiger partial charge is 0.370 e. The van der Waals surface area contributed by atoms with Gasteiger partial charge in [0.25, 0.3) is 0 Å². The summed E-state index contributed by atoms with van der Waals surface area (Å²) in [5.41, 5.74) is 2.09. The van der Waals surface area contributed by atoms with E-state index in [1.165, 1.54) is 28.6 Å². The fourth-order valence-corrected chi connectivity index (χ4v) is 5.93. The van der Waals surface area contributed by atoms with Gasteiger partial charge in [0, 0.05) is 37.1 Å². The molecule has 0 atom stereocenters. The number of rotatable bonds is 5. The lowest BCUT2D eigenvalue weighted by Gasteiger charge is -2.31. The van der Waals surface area contributed by atoms with Crippen molar-refractivity contribution >= 4 is 38.9 Å². The van der Waals surface area contributed by atoms with E-state index in [2.05, 4.69) is 10.2 Å². The number of piperidine rings is 1. The fraction of sp³-hybridized carbons (Fsp3) is 0.391. The minimum Gasteiger partial charge on any atom is -0.370 e. The quantitative estimate of drug-likeness (QED) is 0.713. The van der Waals surface area contributed by atoms with Gasteiger partial charge in [-0.1, -0.05) is 11.6 Å². The lowest BCUT2D eigenvalue weighted by molar-refractivity contribution is -0.120. The van der Waals surface area contributed by atoms with Gasteiger partial charge in [0.15, 0.2) is 0 Å². The molecule has 0 spiro atoms. The fourth-order valence-electron chi connectivity index (χ4n) is 4.29. The number of anilines is 2. The molecule has 32 heavy (non-hydrogen) atoms. The number of carbonyl (C=O) groups excluding carboxylic acids is 1. The molecular formula is C23H25ClN4O3S. The Morgan fingerprint density at radius 3 is 2.31 bits per heavy atom. The van der Waals surface area contributed by atoms with Crippen LogP contribution in [0.1, 0.15) is 31.2 Å². The second-order valence-electron chi connectivity index (χ2n) is 8.16. The number of halogens is 1. The van der Waals surface area contributed by atoms with Crippen LogP contribution >= 0.6 is 11.6 Å². The van der Waals surface area contributed by atoms with Gasteiger partial charge in [-0.3, -0.25) is 4.79 Å². The maximum absolute atomic E-state index is 13.0. The molecule has 2 aliphatic rings. The Morgan fingerprint density at radius 1 is 1.03 bits per heavy atom. The van der Waals surface area contributed by atoms with Gasteiger partial charge < -0.3 is 10.2 Å². The van der Waals surface area contributed by atoms with Crippen LogP contribution in [-0.2, 0) is 14.8 Å². The molecule has 0 bridgehead atoms. The first-order chi connectivity index (χ1) is 15.4. The lowest BCUT2D eigenvalue weighted by atomic mass is 9.97. The van der Waals surface area contributed by atoms with Crippen molar-refractivity contribution < 1.29 is 13.2 Å². The zero-order chi connectivity index (χ0) is 22.7. The maximum Gasteiger partial charge on any atom is 0.243 e. The van der Waals surface area contributed by atoms with Crippen molar-refractivity contribution in [3.8, 4) is 6.07 Å². The van der Waals surface area contributed by atoms with Crippen molar-refractivity contribution in [2.24, 2.45) is 5.92 Å². The summed E-state index contributed by atoms with van der Waals surface area (Å²) >= 11 is 6.18. The monoisotopic (exact) mass is 472 g/mol. The van der Waals surface area contributed by atoms with Crippen LogP contribution in [0.3, 0.4) is 0 Å². The number of hydrogen-bond acceptors (Lipinski definition) is 5. The van der Waals surface area contributed by atoms with E-state index in [0.717, 1.165) is 31.6 Å². The topological polar surface area (TPSA) is 93.5 Å². The Bertz CT molecular complexity index is 1130. The van der Waals surface area contributed by atoms with E-state index < -0.39 is 10.0 Å². The van der Waals surface area contributed by atoms with Crippen molar-refractivity contribution in [1.29, 1.82) is 5.26 Å². The van der Waals surface area contributed by atoms with E-state index in [0.29, 0.717) is 29.1 Å². The second kappa shape index (κ2) is 9.49. The molecule has 9 heteroatoms. The molecule has 0 aromatic heterocycles. The molecule has 0 aliphatic carbocycles. The third-order valence-corrected chi connectivity index (χ3v) is 8.26. The summed E-state index contributed by atoms with van der Waals surface area (Å²) in [5.74, 6) is -0.379. The van der Waals surface area contributed by atoms with Crippen LogP contribution < -0.4 is 10.2 Å². The first kappa shape index (κ1) is 22.6. The van der Waals surface area contributed by atoms with Crippen molar-refractivity contribution in [2.75, 3.05) is 36.4 Å². The van der Waals surface area contributed by atoms with Gasteiger partial charge in [-0.05, 0) is 68.1 Å². The Labute approximate surface area is 193 Å². The average molecular weight is 473 g/mol. The summed E-state index contributed by atoms with van der Waals surface area (Å²) in [6, 6.07) is 13.4. The van der Waals surface area contributed by atoms with E-state index >= 15 is 0 Å². The SMILES string of the molecule is N#Cc1ccc(S(=O)(=O)N2CCC(C(=O)Nc3cc(Cl)ccc3N3CCCC3)CC2)cc1. The number of nitriles is 1. The molecule has 4 rings (SSSR count). The van der Waals surface area contributed by atoms with Crippen LogP contribution in [0.5, 0.6) is 0 Å². The molecule has 2 heterocycles. The summed E-state index contributed by atoms with van der Waals surface area (Å²) < 4.78 is 27.2. The number of benzene rings is 2. The summed E-state index contributed by atoms with van der Waals surface area (Å²) in [6.45, 7) is 2.45. The predicted molar refractivity (Wildman–Crippen MR) is 124 cm³/mol. The summed E-state index contributed by atoms with van der Waals surface area (Å²) in [6.07, 6.45) is 3.15. The van der Waals surface area contributed by atoms with Crippen LogP contribution in [0, 0.1) is 17.2 Å². The number of nitrogens with one attached hydrogen (secondary N) is 1. The van der Waals surface area contributed by atoms with Crippen molar-refractivity contribution in [1.82, 2.24) is 4.31 Å². The Kier molecular flexibility index (Phi) is 6.70. The zero-order valence-corrected chi connectivity index (χ0v) is 19.2. The third-order valence-electron chi connectivity index (χ3n) is 6.11. The molecule has 1 amide bonds. The summed E-state index contributed by atoms with van der Waals surface area (Å²) in [7, 11) is -3.65. The molecule has 2 aromatic carbocycles. The normalized spacial score (nSPS) is 17.8. The molecule has 0 unspecified atom stereocenters. The molecule has 2 saturated heterocycles. The van der Waals surface area contributed by atoms with E-state index in [9.17, 15) is 13.2 Å². The third kappa shape index (κ3) is 4.75. The van der Waals surface area contributed by atoms with Crippen molar-refractivity contribution in [3.05, 3.63) is 53.1 Å². The molecule has 168 valence electrons. The van der Waals surface area contributed by atoms with Crippen molar-refractivity contribution in [3.63, 3.8) is 0 Å². The van der Waals surface area contributed by atoms with Crippen LogP contribution in [0.15, 0.2) is 47.4 Å². The highest BCUT2D eigenvalue weighted by Gasteiger charge is 2.32. The van der Waals surface area contributed by atoms with E-state index in [4.69, 9.17) is 16.9 Å². The lowest BCUT2D eigenvalue weighted by Crippen LogP contribution is -2.41.